The summed E-state index contributed by atoms with van der Waals surface area (Å²) in [7, 11) is -9.29. The number of carbonyl (C=O) groups excluding carboxylic acids is 1. The molecular formula is C26H30BrN7O11S2. The summed E-state index contributed by atoms with van der Waals surface area (Å²) < 4.78 is 63.7. The predicted octanol–water partition coefficient (Wildman–Crippen LogP) is 2.04. The highest BCUT2D eigenvalue weighted by Gasteiger charge is 2.39. The number of quaternary nitrogens is 1. The first-order valence-electron chi connectivity index (χ1n) is 13.4. The first-order chi connectivity index (χ1) is 21.8. The summed E-state index contributed by atoms with van der Waals surface area (Å²) in [5.74, 6) is 0.137. The molecule has 6 N–H and O–H groups in total. The number of hydrogen-bond acceptors (Lipinski definition) is 13. The molecule has 21 heteroatoms. The zero-order valence-electron chi connectivity index (χ0n) is 24.4. The van der Waals surface area contributed by atoms with Crippen LogP contribution in [0.3, 0.4) is 0 Å². The Bertz CT molecular complexity index is 1760. The number of halogens is 1. The minimum Gasteiger partial charge on any atom is -0.744 e. The summed E-state index contributed by atoms with van der Waals surface area (Å²) in [6.07, 6.45) is 0. The van der Waals surface area contributed by atoms with Gasteiger partial charge in [0.15, 0.2) is 6.54 Å². The number of nitro benzene ring substituents is 2. The quantitative estimate of drug-likeness (QED) is 0.0882. The number of non-ortho nitro benzene ring substituents is 2. The van der Waals surface area contributed by atoms with Gasteiger partial charge in [-0.15, -0.1) is 0 Å². The second kappa shape index (κ2) is 15.1. The Balaban J connectivity index is 0.000000196. The van der Waals surface area contributed by atoms with Crippen LogP contribution < -0.4 is 16.8 Å². The number of benzene rings is 3. The second-order valence-electron chi connectivity index (χ2n) is 10.5. The number of hydrogen-bond donors (Lipinski definition) is 4. The van der Waals surface area contributed by atoms with Crippen molar-refractivity contribution in [3.05, 3.63) is 85.4 Å². The van der Waals surface area contributed by atoms with Crippen molar-refractivity contribution in [3.63, 3.8) is 0 Å². The van der Waals surface area contributed by atoms with Gasteiger partial charge in [0, 0.05) is 59.7 Å². The van der Waals surface area contributed by atoms with Crippen LogP contribution in [0.4, 0.5) is 28.4 Å². The number of amides is 1. The lowest BCUT2D eigenvalue weighted by Gasteiger charge is -2.50. The molecule has 0 saturated carbocycles. The molecular weight excluding hydrogens is 730 g/mol. The van der Waals surface area contributed by atoms with Gasteiger partial charge in [-0.1, -0.05) is 15.9 Å². The summed E-state index contributed by atoms with van der Waals surface area (Å²) in [4.78, 5) is 32.2. The third-order valence-corrected chi connectivity index (χ3v) is 9.57. The van der Waals surface area contributed by atoms with Crippen LogP contribution in [0.25, 0.3) is 0 Å². The van der Waals surface area contributed by atoms with Crippen molar-refractivity contribution in [2.75, 3.05) is 62.6 Å². The van der Waals surface area contributed by atoms with E-state index in [-0.39, 0.29) is 17.3 Å². The Morgan fingerprint density at radius 2 is 1.30 bits per heavy atom. The van der Waals surface area contributed by atoms with Gasteiger partial charge >= 0.3 is 0 Å². The molecule has 1 amide bonds. The number of nitro groups is 2. The second-order valence-corrected chi connectivity index (χ2v) is 14.1. The Kier molecular flexibility index (Phi) is 12.0. The molecule has 0 aromatic heterocycles. The van der Waals surface area contributed by atoms with Gasteiger partial charge in [0.2, 0.25) is 0 Å². The van der Waals surface area contributed by atoms with Gasteiger partial charge < -0.3 is 25.8 Å². The van der Waals surface area contributed by atoms with Gasteiger partial charge in [0.25, 0.3) is 27.4 Å². The molecule has 6 rings (SSSR count). The highest BCUT2D eigenvalue weighted by atomic mass is 79.9. The standard InChI is InChI=1S/C14H18BrN3O.2C6H6N2O5S/c15-12-1-3-13(4-2-12)16-14(19)11-18-8-5-17(6-9-18)7-10-18;2*7-5-2-1-4(8(9)10)3-6(5)14(11,12)13/h1-4H,5-11H2;2*1-3H,7H2,(H,11,12,13). The molecule has 3 aliphatic rings. The van der Waals surface area contributed by atoms with E-state index in [4.69, 9.17) is 16.0 Å². The molecule has 3 aromatic carbocycles. The number of nitrogens with two attached hydrogens (primary N) is 2. The van der Waals surface area contributed by atoms with Gasteiger partial charge in [-0.3, -0.25) is 34.5 Å². The van der Waals surface area contributed by atoms with E-state index >= 15 is 0 Å². The molecule has 0 unspecified atom stereocenters. The average molecular weight is 761 g/mol. The highest BCUT2D eigenvalue weighted by molar-refractivity contribution is 9.10. The number of anilines is 3. The van der Waals surface area contributed by atoms with Crippen LogP contribution in [-0.2, 0) is 25.0 Å². The summed E-state index contributed by atoms with van der Waals surface area (Å²) in [5.41, 5.74) is 9.78. The number of nitrogen functional groups attached to an aromatic ring is 2. The van der Waals surface area contributed by atoms with Crippen molar-refractivity contribution >= 4 is 70.5 Å². The Hall–Kier alpha value is -4.25. The number of nitrogens with zero attached hydrogens (tertiary/aromatic N) is 4. The van der Waals surface area contributed by atoms with Crippen molar-refractivity contribution in [2.45, 2.75) is 9.79 Å². The predicted molar refractivity (Wildman–Crippen MR) is 172 cm³/mol. The fraction of sp³-hybridized carbons (Fsp3) is 0.269. The molecule has 3 aromatic rings. The Labute approximate surface area is 277 Å². The monoisotopic (exact) mass is 759 g/mol. The number of piperazine rings is 3. The van der Waals surface area contributed by atoms with E-state index in [1.807, 2.05) is 24.3 Å². The largest absolute Gasteiger partial charge is 0.744 e. The molecule has 3 heterocycles. The number of carbonyl (C=O) groups is 1. The van der Waals surface area contributed by atoms with Crippen molar-refractivity contribution in [1.82, 2.24) is 4.90 Å². The van der Waals surface area contributed by atoms with Gasteiger partial charge in [-0.05, 0) is 36.4 Å². The third kappa shape index (κ3) is 10.6. The van der Waals surface area contributed by atoms with Crippen molar-refractivity contribution in [1.29, 1.82) is 0 Å². The third-order valence-electron chi connectivity index (χ3n) is 7.24. The lowest BCUT2D eigenvalue weighted by molar-refractivity contribution is -0.933. The van der Waals surface area contributed by atoms with Gasteiger partial charge in [0.05, 0.1) is 40.1 Å². The SMILES string of the molecule is Nc1ccc([N+](=O)[O-])cc1S(=O)(=O)O.Nc1ccc([N+](=O)[O-])cc1S(=O)(=O)[O-].O=C(C[N+]12CCN(CC1)CC2)Nc1ccc(Br)cc1. The van der Waals surface area contributed by atoms with Crippen LogP contribution in [0.1, 0.15) is 0 Å². The number of nitrogens with one attached hydrogen (secondary N) is 1. The van der Waals surface area contributed by atoms with E-state index in [1.54, 1.807) is 0 Å². The molecule has 3 fully saturated rings. The maximum absolute atomic E-state index is 12.2. The van der Waals surface area contributed by atoms with E-state index in [0.717, 1.165) is 78.2 Å². The molecule has 254 valence electrons. The Morgan fingerprint density at radius 1 is 0.851 bits per heavy atom. The van der Waals surface area contributed by atoms with Gasteiger partial charge in [0.1, 0.15) is 15.0 Å². The highest BCUT2D eigenvalue weighted by Crippen LogP contribution is 2.25. The Morgan fingerprint density at radius 3 is 1.72 bits per heavy atom. The van der Waals surface area contributed by atoms with Crippen LogP contribution in [0.15, 0.2) is 74.9 Å². The fourth-order valence-corrected chi connectivity index (χ4v) is 6.24. The number of rotatable bonds is 7. The molecule has 18 nitrogen and oxygen atoms in total. The summed E-state index contributed by atoms with van der Waals surface area (Å²) >= 11 is 3.40. The van der Waals surface area contributed by atoms with E-state index in [0.29, 0.717) is 18.7 Å². The number of fused-ring (bicyclic) bond motifs is 3. The van der Waals surface area contributed by atoms with Gasteiger partial charge in [-0.2, -0.15) is 8.42 Å². The van der Waals surface area contributed by atoms with E-state index < -0.39 is 51.2 Å². The van der Waals surface area contributed by atoms with E-state index in [9.17, 15) is 46.4 Å². The van der Waals surface area contributed by atoms with Crippen LogP contribution in [-0.4, -0.2) is 96.9 Å². The molecule has 3 saturated heterocycles. The summed E-state index contributed by atoms with van der Waals surface area (Å²) in [5, 5.41) is 23.5. The smallest absolute Gasteiger partial charge is 0.296 e. The van der Waals surface area contributed by atoms with Crippen molar-refractivity contribution < 1.29 is 45.1 Å². The first-order valence-corrected chi connectivity index (χ1v) is 17.1. The molecule has 3 aliphatic heterocycles. The molecule has 0 aliphatic carbocycles. The maximum Gasteiger partial charge on any atom is 0.296 e. The maximum atomic E-state index is 12.2. The van der Waals surface area contributed by atoms with Gasteiger partial charge in [-0.25, -0.2) is 8.42 Å². The van der Waals surface area contributed by atoms with Crippen molar-refractivity contribution in [3.8, 4) is 0 Å². The summed E-state index contributed by atoms with van der Waals surface area (Å²) in [6.45, 7) is 7.40. The lowest BCUT2D eigenvalue weighted by atomic mass is 10.1. The molecule has 47 heavy (non-hydrogen) atoms. The topological polar surface area (TPSA) is 282 Å². The molecule has 0 radical (unpaired) electrons. The van der Waals surface area contributed by atoms with Crippen molar-refractivity contribution in [2.24, 2.45) is 0 Å². The zero-order valence-corrected chi connectivity index (χ0v) is 27.6. The minimum atomic E-state index is -4.77. The minimum absolute atomic E-state index is 0.137. The fourth-order valence-electron chi connectivity index (χ4n) is 4.72. The lowest BCUT2D eigenvalue weighted by Crippen LogP contribution is -2.68. The molecule has 0 atom stereocenters. The summed E-state index contributed by atoms with van der Waals surface area (Å²) in [6, 6.07) is 13.2. The van der Waals surface area contributed by atoms with Crippen LogP contribution in [0.2, 0.25) is 0 Å². The molecule has 0 spiro atoms. The van der Waals surface area contributed by atoms with Crippen LogP contribution >= 0.6 is 15.9 Å². The molecule has 2 bridgehead atoms. The zero-order chi connectivity index (χ0) is 35.2. The normalized spacial score (nSPS) is 18.5. The van der Waals surface area contributed by atoms with Crippen LogP contribution in [0.5, 0.6) is 0 Å². The first kappa shape index (κ1) is 37.2. The van der Waals surface area contributed by atoms with E-state index in [1.165, 1.54) is 0 Å². The average Bonchev–Trinajstić information content (AvgIpc) is 2.98. The van der Waals surface area contributed by atoms with Crippen LogP contribution in [0, 0.1) is 20.2 Å². The van der Waals surface area contributed by atoms with E-state index in [2.05, 4.69) is 26.1 Å².